The van der Waals surface area contributed by atoms with Crippen molar-refractivity contribution in [2.75, 3.05) is 36.8 Å². The Bertz CT molecular complexity index is 1170. The molecule has 2 amide bonds. The Balaban J connectivity index is 1.41. The Morgan fingerprint density at radius 1 is 1.16 bits per heavy atom. The van der Waals surface area contributed by atoms with Gasteiger partial charge in [-0.25, -0.2) is 14.2 Å². The summed E-state index contributed by atoms with van der Waals surface area (Å²) in [7, 11) is 0. The number of fused-ring (bicyclic) bond motifs is 1. The summed E-state index contributed by atoms with van der Waals surface area (Å²) in [6, 6.07) is 5.87. The zero-order valence-electron chi connectivity index (χ0n) is 21.7. The number of nitrogens with one attached hydrogen (secondary N) is 2. The maximum atomic E-state index is 14.5. The van der Waals surface area contributed by atoms with Crippen molar-refractivity contribution in [1.29, 1.82) is 0 Å². The third-order valence-corrected chi connectivity index (χ3v) is 6.41. The number of aromatic nitrogens is 2. The van der Waals surface area contributed by atoms with Crippen molar-refractivity contribution >= 4 is 29.5 Å². The molecule has 10 heteroatoms. The molecule has 3 heterocycles. The van der Waals surface area contributed by atoms with E-state index in [1.807, 2.05) is 39.0 Å². The fraction of sp³-hybridized carbons (Fsp3) is 0.481. The zero-order valence-corrected chi connectivity index (χ0v) is 21.7. The van der Waals surface area contributed by atoms with Gasteiger partial charge >= 0.3 is 6.09 Å². The number of nitrogens with zero attached hydrogens (tertiary/aromatic N) is 4. The highest BCUT2D eigenvalue weighted by molar-refractivity contribution is 5.87. The first-order chi connectivity index (χ1) is 17.6. The molecule has 1 aromatic heterocycles. The summed E-state index contributed by atoms with van der Waals surface area (Å²) < 4.78 is 20.0. The molecule has 1 aromatic carbocycles. The first kappa shape index (κ1) is 26.4. The van der Waals surface area contributed by atoms with Crippen LogP contribution in [0.3, 0.4) is 0 Å². The second-order valence-corrected chi connectivity index (χ2v) is 10.4. The van der Waals surface area contributed by atoms with Crippen molar-refractivity contribution in [3.63, 3.8) is 0 Å². The van der Waals surface area contributed by atoms with E-state index < -0.39 is 11.4 Å². The predicted octanol–water partition coefficient (Wildman–Crippen LogP) is 4.28. The second kappa shape index (κ2) is 11.1. The van der Waals surface area contributed by atoms with Gasteiger partial charge in [0.25, 0.3) is 0 Å². The Morgan fingerprint density at radius 3 is 2.65 bits per heavy atom. The highest BCUT2D eigenvalue weighted by Crippen LogP contribution is 2.24. The lowest BCUT2D eigenvalue weighted by molar-refractivity contribution is -0.127. The van der Waals surface area contributed by atoms with E-state index >= 15 is 0 Å². The third kappa shape index (κ3) is 6.96. The molecular weight excluding hydrogens is 475 g/mol. The number of carbonyl (C=O) groups is 2. The standard InChI is InChI=1S/C27H35FN6O3/c1-5-23(35)34-12-6-7-21(17-34)30-24-22(28)16-29-25(32-24)31-20-9-8-18-10-13-33(14-11-19(18)15-20)26(36)37-27(2,3)4/h5,8-9,15-16,21H,1,6-7,10-14,17H2,2-4H3,(H2,29,30,31,32)/t21-/m1/s1. The third-order valence-electron chi connectivity index (χ3n) is 6.41. The molecule has 0 unspecified atom stereocenters. The van der Waals surface area contributed by atoms with E-state index in [9.17, 15) is 14.0 Å². The monoisotopic (exact) mass is 510 g/mol. The summed E-state index contributed by atoms with van der Waals surface area (Å²) in [4.78, 5) is 36.4. The number of likely N-dealkylation sites (tertiary alicyclic amines) is 1. The fourth-order valence-electron chi connectivity index (χ4n) is 4.59. The van der Waals surface area contributed by atoms with Crippen LogP contribution < -0.4 is 10.6 Å². The number of halogens is 1. The quantitative estimate of drug-likeness (QED) is 0.579. The van der Waals surface area contributed by atoms with E-state index in [0.29, 0.717) is 32.6 Å². The number of amides is 2. The highest BCUT2D eigenvalue weighted by Gasteiger charge is 2.25. The Morgan fingerprint density at radius 2 is 1.92 bits per heavy atom. The van der Waals surface area contributed by atoms with Crippen LogP contribution in [0.25, 0.3) is 0 Å². The molecule has 9 nitrogen and oxygen atoms in total. The molecule has 1 fully saturated rings. The number of carbonyl (C=O) groups excluding carboxylic acids is 2. The first-order valence-corrected chi connectivity index (χ1v) is 12.7. The normalized spacial score (nSPS) is 17.9. The summed E-state index contributed by atoms with van der Waals surface area (Å²) >= 11 is 0. The number of benzene rings is 1. The van der Waals surface area contributed by atoms with E-state index in [0.717, 1.165) is 36.7 Å². The molecule has 1 atom stereocenters. The average molecular weight is 511 g/mol. The van der Waals surface area contributed by atoms with E-state index in [-0.39, 0.29) is 29.8 Å². The number of anilines is 3. The highest BCUT2D eigenvalue weighted by atomic mass is 19.1. The summed E-state index contributed by atoms with van der Waals surface area (Å²) in [6.45, 7) is 11.4. The lowest BCUT2D eigenvalue weighted by atomic mass is 10.0. The maximum absolute atomic E-state index is 14.5. The molecule has 0 saturated carbocycles. The van der Waals surface area contributed by atoms with Crippen molar-refractivity contribution in [2.24, 2.45) is 0 Å². The van der Waals surface area contributed by atoms with Crippen LogP contribution in [0.1, 0.15) is 44.7 Å². The summed E-state index contributed by atoms with van der Waals surface area (Å²) in [6.07, 6.45) is 5.19. The van der Waals surface area contributed by atoms with Crippen LogP contribution in [0.4, 0.5) is 26.6 Å². The van der Waals surface area contributed by atoms with E-state index in [4.69, 9.17) is 4.74 Å². The lowest BCUT2D eigenvalue weighted by Crippen LogP contribution is -2.44. The smallest absolute Gasteiger partial charge is 0.410 e. The van der Waals surface area contributed by atoms with Crippen molar-refractivity contribution in [1.82, 2.24) is 19.8 Å². The molecule has 0 radical (unpaired) electrons. The number of piperidine rings is 1. The van der Waals surface area contributed by atoms with Crippen LogP contribution in [0.15, 0.2) is 37.1 Å². The van der Waals surface area contributed by atoms with Gasteiger partial charge in [0.05, 0.1) is 6.20 Å². The molecule has 2 aliphatic heterocycles. The average Bonchev–Trinajstić information content (AvgIpc) is 3.07. The van der Waals surface area contributed by atoms with E-state index in [1.54, 1.807) is 9.80 Å². The van der Waals surface area contributed by atoms with Crippen LogP contribution in [0, 0.1) is 5.82 Å². The van der Waals surface area contributed by atoms with Crippen molar-refractivity contribution in [3.8, 4) is 0 Å². The minimum absolute atomic E-state index is 0.0955. The van der Waals surface area contributed by atoms with Crippen LogP contribution in [0.2, 0.25) is 0 Å². The van der Waals surface area contributed by atoms with E-state index in [1.165, 1.54) is 11.6 Å². The summed E-state index contributed by atoms with van der Waals surface area (Å²) in [5.41, 5.74) is 2.55. The van der Waals surface area contributed by atoms with Gasteiger partial charge in [0.1, 0.15) is 5.60 Å². The van der Waals surface area contributed by atoms with Gasteiger partial charge in [-0.15, -0.1) is 0 Å². The molecule has 2 aromatic rings. The molecule has 1 saturated heterocycles. The number of hydrogen-bond donors (Lipinski definition) is 2. The largest absolute Gasteiger partial charge is 0.444 e. The Labute approximate surface area is 217 Å². The van der Waals surface area contributed by atoms with Crippen LogP contribution in [0.5, 0.6) is 0 Å². The molecule has 2 N–H and O–H groups in total. The van der Waals surface area contributed by atoms with Crippen LogP contribution >= 0.6 is 0 Å². The molecule has 4 rings (SSSR count). The first-order valence-electron chi connectivity index (χ1n) is 12.7. The molecule has 0 bridgehead atoms. The van der Waals surface area contributed by atoms with Gasteiger partial charge in [0.15, 0.2) is 11.6 Å². The van der Waals surface area contributed by atoms with Gasteiger partial charge in [-0.05, 0) is 75.8 Å². The molecule has 0 spiro atoms. The lowest BCUT2D eigenvalue weighted by Gasteiger charge is -2.32. The minimum Gasteiger partial charge on any atom is -0.444 e. The van der Waals surface area contributed by atoms with Gasteiger partial charge in [-0.1, -0.05) is 12.6 Å². The molecule has 37 heavy (non-hydrogen) atoms. The van der Waals surface area contributed by atoms with Gasteiger partial charge in [0.2, 0.25) is 11.9 Å². The predicted molar refractivity (Wildman–Crippen MR) is 140 cm³/mol. The van der Waals surface area contributed by atoms with E-state index in [2.05, 4.69) is 27.2 Å². The van der Waals surface area contributed by atoms with Crippen LogP contribution in [-0.2, 0) is 22.4 Å². The number of ether oxygens (including phenoxy) is 1. The minimum atomic E-state index is -0.554. The van der Waals surface area contributed by atoms with Gasteiger partial charge in [0, 0.05) is 37.9 Å². The Kier molecular flexibility index (Phi) is 7.94. The molecular formula is C27H35FN6O3. The molecule has 0 aliphatic carbocycles. The van der Waals surface area contributed by atoms with Gasteiger partial charge in [-0.2, -0.15) is 4.98 Å². The SMILES string of the molecule is C=CC(=O)N1CCC[C@@H](Nc2nc(Nc3ccc4c(c3)CCN(C(=O)OC(C)(C)C)CC4)ncc2F)C1. The summed E-state index contributed by atoms with van der Waals surface area (Å²) in [5, 5.41) is 6.30. The van der Waals surface area contributed by atoms with Gasteiger partial charge in [-0.3, -0.25) is 4.79 Å². The topological polar surface area (TPSA) is 99.7 Å². The van der Waals surface area contributed by atoms with Crippen molar-refractivity contribution in [3.05, 3.63) is 54.0 Å². The maximum Gasteiger partial charge on any atom is 0.410 e. The van der Waals surface area contributed by atoms with Gasteiger partial charge < -0.3 is 25.2 Å². The number of rotatable bonds is 5. The molecule has 198 valence electrons. The molecule has 2 aliphatic rings. The summed E-state index contributed by atoms with van der Waals surface area (Å²) in [5.74, 6) is -0.322. The van der Waals surface area contributed by atoms with Crippen LogP contribution in [-0.4, -0.2) is 69.6 Å². The van der Waals surface area contributed by atoms with Crippen molar-refractivity contribution < 1.29 is 18.7 Å². The second-order valence-electron chi connectivity index (χ2n) is 10.4. The Hall–Kier alpha value is -3.69. The fourth-order valence-corrected chi connectivity index (χ4v) is 4.59. The number of hydrogen-bond acceptors (Lipinski definition) is 7. The zero-order chi connectivity index (χ0) is 26.6. The van der Waals surface area contributed by atoms with Crippen molar-refractivity contribution in [2.45, 2.75) is 58.1 Å².